The molecule has 1 N–H and O–H groups in total. The Hall–Kier alpha value is -0.900. The van der Waals surface area contributed by atoms with Crippen molar-refractivity contribution in [2.45, 2.75) is 32.6 Å². The van der Waals surface area contributed by atoms with Crippen LogP contribution < -0.4 is 5.32 Å². The maximum absolute atomic E-state index is 12.0. The molecule has 17 heavy (non-hydrogen) atoms. The third-order valence-electron chi connectivity index (χ3n) is 5.09. The van der Waals surface area contributed by atoms with E-state index in [0.29, 0.717) is 12.3 Å². The van der Waals surface area contributed by atoms with Crippen molar-refractivity contribution in [1.82, 2.24) is 10.2 Å². The molecule has 2 amide bonds. The fourth-order valence-corrected chi connectivity index (χ4v) is 4.35. The molecule has 0 aromatic rings. The van der Waals surface area contributed by atoms with Gasteiger partial charge in [-0.1, -0.05) is 6.92 Å². The number of imide groups is 1. The number of hydrogen-bond donors (Lipinski definition) is 1. The summed E-state index contributed by atoms with van der Waals surface area (Å²) in [5.74, 6) is 0.520. The predicted molar refractivity (Wildman–Crippen MR) is 63.1 cm³/mol. The molecular formula is C13H20N2O2. The summed E-state index contributed by atoms with van der Waals surface area (Å²) in [6.45, 7) is 5.33. The Kier molecular flexibility index (Phi) is 2.51. The Morgan fingerprint density at radius 1 is 1.35 bits per heavy atom. The fourth-order valence-electron chi connectivity index (χ4n) is 4.35. The normalized spacial score (nSPS) is 45.1. The minimum Gasteiger partial charge on any atom is -0.303 e. The molecule has 4 fully saturated rings. The third kappa shape index (κ3) is 1.53. The van der Waals surface area contributed by atoms with Gasteiger partial charge in [-0.3, -0.25) is 14.9 Å². The maximum Gasteiger partial charge on any atom is 0.230 e. The molecule has 4 aliphatic heterocycles. The molecule has 0 saturated carbocycles. The fraction of sp³-hybridized carbons (Fsp3) is 0.846. The lowest BCUT2D eigenvalue weighted by Gasteiger charge is -2.57. The summed E-state index contributed by atoms with van der Waals surface area (Å²) < 4.78 is 0. The summed E-state index contributed by atoms with van der Waals surface area (Å²) in [6, 6.07) is 0. The van der Waals surface area contributed by atoms with E-state index in [9.17, 15) is 9.59 Å². The molecule has 94 valence electrons. The van der Waals surface area contributed by atoms with E-state index in [2.05, 4.69) is 17.1 Å². The molecule has 0 radical (unpaired) electrons. The van der Waals surface area contributed by atoms with Crippen LogP contribution in [0.4, 0.5) is 0 Å². The van der Waals surface area contributed by atoms with Crippen molar-refractivity contribution in [1.29, 1.82) is 0 Å². The number of nitrogens with one attached hydrogen (secondary N) is 1. The van der Waals surface area contributed by atoms with Gasteiger partial charge in [0, 0.05) is 24.3 Å². The Morgan fingerprint density at radius 3 is 2.59 bits per heavy atom. The number of piperidine rings is 4. The van der Waals surface area contributed by atoms with Gasteiger partial charge in [0.25, 0.3) is 0 Å². The van der Waals surface area contributed by atoms with Crippen LogP contribution in [0.2, 0.25) is 0 Å². The number of carbonyl (C=O) groups is 2. The topological polar surface area (TPSA) is 49.4 Å². The second-order valence-electron chi connectivity index (χ2n) is 5.83. The van der Waals surface area contributed by atoms with Crippen molar-refractivity contribution in [2.75, 3.05) is 19.6 Å². The van der Waals surface area contributed by atoms with Gasteiger partial charge in [-0.25, -0.2) is 0 Å². The van der Waals surface area contributed by atoms with Crippen molar-refractivity contribution in [2.24, 2.45) is 17.3 Å². The van der Waals surface area contributed by atoms with Crippen molar-refractivity contribution in [3.8, 4) is 0 Å². The average molecular weight is 236 g/mol. The molecule has 2 bridgehead atoms. The second-order valence-corrected chi connectivity index (χ2v) is 5.83. The third-order valence-corrected chi connectivity index (χ3v) is 5.09. The van der Waals surface area contributed by atoms with Crippen LogP contribution in [0.3, 0.4) is 0 Å². The Morgan fingerprint density at radius 2 is 2.06 bits per heavy atom. The molecule has 2 atom stereocenters. The smallest absolute Gasteiger partial charge is 0.230 e. The summed E-state index contributed by atoms with van der Waals surface area (Å²) in [4.78, 5) is 26.2. The van der Waals surface area contributed by atoms with Gasteiger partial charge in [0.1, 0.15) is 0 Å². The standard InChI is InChI=1S/C13H20N2O2/c1-2-10-12(17)14-11(16)7-13(10)8-15-5-3-9(13)4-6-15/h9-10H,2-8H2,1H3,(H,14,16,17). The molecule has 4 heterocycles. The van der Waals surface area contributed by atoms with Crippen molar-refractivity contribution in [3.63, 3.8) is 0 Å². The van der Waals surface area contributed by atoms with E-state index in [0.717, 1.165) is 38.9 Å². The molecular weight excluding hydrogens is 216 g/mol. The summed E-state index contributed by atoms with van der Waals surface area (Å²) in [5, 5.41) is 2.51. The number of nitrogens with zero attached hydrogens (tertiary/aromatic N) is 1. The second kappa shape index (κ2) is 3.80. The summed E-state index contributed by atoms with van der Waals surface area (Å²) in [5.41, 5.74) is -0.0509. The molecule has 1 spiro atoms. The van der Waals surface area contributed by atoms with Crippen LogP contribution in [0.15, 0.2) is 0 Å². The van der Waals surface area contributed by atoms with Crippen LogP contribution in [-0.2, 0) is 9.59 Å². The minimum absolute atomic E-state index is 0.0301. The van der Waals surface area contributed by atoms with E-state index in [1.54, 1.807) is 0 Å². The lowest BCUT2D eigenvalue weighted by molar-refractivity contribution is -0.156. The van der Waals surface area contributed by atoms with Crippen LogP contribution in [0.25, 0.3) is 0 Å². The predicted octanol–water partition coefficient (Wildman–Crippen LogP) is 0.771. The molecule has 4 heteroatoms. The van der Waals surface area contributed by atoms with Crippen LogP contribution >= 0.6 is 0 Å². The van der Waals surface area contributed by atoms with E-state index in [4.69, 9.17) is 0 Å². The first-order valence-electron chi connectivity index (χ1n) is 6.72. The Balaban J connectivity index is 1.97. The lowest BCUT2D eigenvalue weighted by Crippen LogP contribution is -2.64. The quantitative estimate of drug-likeness (QED) is 0.684. The number of fused-ring (bicyclic) bond motifs is 2. The highest BCUT2D eigenvalue weighted by atomic mass is 16.2. The Labute approximate surface area is 102 Å². The minimum atomic E-state index is -0.0616. The van der Waals surface area contributed by atoms with Crippen LogP contribution in [0.1, 0.15) is 32.6 Å². The highest BCUT2D eigenvalue weighted by Gasteiger charge is 2.56. The van der Waals surface area contributed by atoms with Gasteiger partial charge in [0.15, 0.2) is 0 Å². The zero-order chi connectivity index (χ0) is 12.0. The van der Waals surface area contributed by atoms with Gasteiger partial charge in [-0.05, 0) is 38.3 Å². The van der Waals surface area contributed by atoms with Crippen LogP contribution in [0, 0.1) is 17.3 Å². The van der Waals surface area contributed by atoms with E-state index in [-0.39, 0.29) is 23.1 Å². The average Bonchev–Trinajstić information content (AvgIpc) is 2.29. The lowest BCUT2D eigenvalue weighted by atomic mass is 9.56. The maximum atomic E-state index is 12.0. The van der Waals surface area contributed by atoms with Gasteiger partial charge in [-0.2, -0.15) is 0 Å². The number of amides is 2. The van der Waals surface area contributed by atoms with Crippen LogP contribution in [-0.4, -0.2) is 36.3 Å². The molecule has 2 unspecified atom stereocenters. The first kappa shape index (κ1) is 11.2. The summed E-state index contributed by atoms with van der Waals surface area (Å²) in [6.07, 6.45) is 3.73. The highest BCUT2D eigenvalue weighted by Crippen LogP contribution is 2.51. The molecule has 4 rings (SSSR count). The van der Waals surface area contributed by atoms with E-state index >= 15 is 0 Å². The highest BCUT2D eigenvalue weighted by molar-refractivity contribution is 5.99. The first-order chi connectivity index (χ1) is 8.15. The van der Waals surface area contributed by atoms with E-state index in [1.165, 1.54) is 0 Å². The van der Waals surface area contributed by atoms with Crippen LogP contribution in [0.5, 0.6) is 0 Å². The van der Waals surface area contributed by atoms with Gasteiger partial charge in [0.2, 0.25) is 11.8 Å². The van der Waals surface area contributed by atoms with Crippen molar-refractivity contribution in [3.05, 3.63) is 0 Å². The first-order valence-corrected chi connectivity index (χ1v) is 6.72. The van der Waals surface area contributed by atoms with E-state index < -0.39 is 0 Å². The van der Waals surface area contributed by atoms with E-state index in [1.807, 2.05) is 0 Å². The largest absolute Gasteiger partial charge is 0.303 e. The zero-order valence-electron chi connectivity index (χ0n) is 10.4. The Bertz CT molecular complexity index is 360. The molecule has 4 aliphatic rings. The molecule has 0 aromatic carbocycles. The van der Waals surface area contributed by atoms with Crippen molar-refractivity contribution < 1.29 is 9.59 Å². The number of hydrogen-bond acceptors (Lipinski definition) is 3. The summed E-state index contributed by atoms with van der Waals surface area (Å²) >= 11 is 0. The van der Waals surface area contributed by atoms with Gasteiger partial charge in [0.05, 0.1) is 0 Å². The summed E-state index contributed by atoms with van der Waals surface area (Å²) in [7, 11) is 0. The molecule has 4 saturated heterocycles. The van der Waals surface area contributed by atoms with Gasteiger partial charge < -0.3 is 4.90 Å². The molecule has 0 aliphatic carbocycles. The number of carbonyl (C=O) groups excluding carboxylic acids is 2. The zero-order valence-corrected chi connectivity index (χ0v) is 10.4. The van der Waals surface area contributed by atoms with Gasteiger partial charge in [-0.15, -0.1) is 0 Å². The van der Waals surface area contributed by atoms with Crippen molar-refractivity contribution >= 4 is 11.8 Å². The monoisotopic (exact) mass is 236 g/mol. The molecule has 0 aromatic heterocycles. The molecule has 4 nitrogen and oxygen atoms in total. The number of rotatable bonds is 1. The SMILES string of the molecule is CCC1C(=O)NC(=O)CC12CN1CCC2CC1. The van der Waals surface area contributed by atoms with Gasteiger partial charge >= 0.3 is 0 Å².